The lowest BCUT2D eigenvalue weighted by atomic mass is 10.1. The van der Waals surface area contributed by atoms with E-state index in [2.05, 4.69) is 29.0 Å². The van der Waals surface area contributed by atoms with Crippen LogP contribution in [0.2, 0.25) is 0 Å². The molecule has 0 unspecified atom stereocenters. The summed E-state index contributed by atoms with van der Waals surface area (Å²) in [6, 6.07) is 8.61. The van der Waals surface area contributed by atoms with Gasteiger partial charge in [0, 0.05) is 24.2 Å². The Morgan fingerprint density at radius 1 is 1.24 bits per heavy atom. The van der Waals surface area contributed by atoms with Crippen molar-refractivity contribution in [1.29, 1.82) is 0 Å². The molecule has 6 heteroatoms. The third-order valence-corrected chi connectivity index (χ3v) is 5.46. The van der Waals surface area contributed by atoms with Gasteiger partial charge in [-0.25, -0.2) is 9.67 Å². The number of aromatic nitrogens is 3. The monoisotopic (exact) mass is 360 g/mol. The molecule has 0 atom stereocenters. The van der Waals surface area contributed by atoms with Crippen molar-refractivity contribution < 1.29 is 4.74 Å². The molecule has 0 saturated carbocycles. The molecule has 5 nitrogen and oxygen atoms in total. The molecule has 1 fully saturated rings. The predicted octanol–water partition coefficient (Wildman–Crippen LogP) is 3.05. The van der Waals surface area contributed by atoms with Gasteiger partial charge >= 0.3 is 0 Å². The number of methoxy groups -OCH3 is 1. The average Bonchev–Trinajstić information content (AvgIpc) is 3.03. The van der Waals surface area contributed by atoms with Crippen LogP contribution in [0.5, 0.6) is 5.75 Å². The first-order valence-electron chi connectivity index (χ1n) is 8.95. The van der Waals surface area contributed by atoms with Crippen LogP contribution in [-0.4, -0.2) is 58.9 Å². The van der Waals surface area contributed by atoms with Gasteiger partial charge in [-0.3, -0.25) is 0 Å². The van der Waals surface area contributed by atoms with Crippen LogP contribution in [0, 0.1) is 0 Å². The Morgan fingerprint density at radius 3 is 2.72 bits per heavy atom. The van der Waals surface area contributed by atoms with Gasteiger partial charge in [0.15, 0.2) is 5.82 Å². The summed E-state index contributed by atoms with van der Waals surface area (Å²) < 4.78 is 7.69. The van der Waals surface area contributed by atoms with E-state index in [1.807, 2.05) is 30.0 Å². The fourth-order valence-electron chi connectivity index (χ4n) is 3.39. The van der Waals surface area contributed by atoms with Gasteiger partial charge in [0.05, 0.1) is 13.2 Å². The number of para-hydroxylation sites is 1. The predicted molar refractivity (Wildman–Crippen MR) is 104 cm³/mol. The highest BCUT2D eigenvalue weighted by Crippen LogP contribution is 2.25. The zero-order valence-corrected chi connectivity index (χ0v) is 16.3. The summed E-state index contributed by atoms with van der Waals surface area (Å²) in [5, 5.41) is 4.90. The maximum absolute atomic E-state index is 5.48. The Bertz CT molecular complexity index is 680. The lowest BCUT2D eigenvalue weighted by molar-refractivity contribution is 0.209. The minimum Gasteiger partial charge on any atom is -0.496 e. The van der Waals surface area contributed by atoms with Crippen molar-refractivity contribution in [2.24, 2.45) is 0 Å². The molecule has 1 aromatic carbocycles. The molecule has 0 amide bonds. The highest BCUT2D eigenvalue weighted by atomic mass is 32.2. The van der Waals surface area contributed by atoms with Crippen LogP contribution in [0.3, 0.4) is 0 Å². The van der Waals surface area contributed by atoms with E-state index < -0.39 is 0 Å². The topological polar surface area (TPSA) is 43.2 Å². The van der Waals surface area contributed by atoms with Crippen molar-refractivity contribution in [3.8, 4) is 5.75 Å². The van der Waals surface area contributed by atoms with Crippen molar-refractivity contribution in [2.45, 2.75) is 31.7 Å². The Balaban J connectivity index is 1.82. The number of hydrogen-bond acceptors (Lipinski definition) is 5. The van der Waals surface area contributed by atoms with E-state index in [0.717, 1.165) is 67.5 Å². The van der Waals surface area contributed by atoms with E-state index in [-0.39, 0.29) is 0 Å². The molecule has 1 aromatic heterocycles. The Kier molecular flexibility index (Phi) is 6.37. The van der Waals surface area contributed by atoms with E-state index in [1.54, 1.807) is 7.11 Å². The smallest absolute Gasteiger partial charge is 0.155 e. The summed E-state index contributed by atoms with van der Waals surface area (Å²) in [5.74, 6) is 4.02. The summed E-state index contributed by atoms with van der Waals surface area (Å²) in [6.45, 7) is 2.27. The van der Waals surface area contributed by atoms with Crippen molar-refractivity contribution in [3.63, 3.8) is 0 Å². The molecule has 2 aromatic rings. The van der Waals surface area contributed by atoms with Crippen LogP contribution >= 0.6 is 11.8 Å². The molecule has 136 valence electrons. The van der Waals surface area contributed by atoms with E-state index in [9.17, 15) is 0 Å². The van der Waals surface area contributed by atoms with Gasteiger partial charge in [0.1, 0.15) is 11.6 Å². The summed E-state index contributed by atoms with van der Waals surface area (Å²) in [5.41, 5.74) is 1.14. The van der Waals surface area contributed by atoms with Crippen LogP contribution in [0.1, 0.15) is 36.1 Å². The molecule has 0 N–H and O–H groups in total. The van der Waals surface area contributed by atoms with Gasteiger partial charge < -0.3 is 9.64 Å². The van der Waals surface area contributed by atoms with E-state index >= 15 is 0 Å². The molecular formula is C19H28N4OS. The van der Waals surface area contributed by atoms with Crippen molar-refractivity contribution in [2.75, 3.05) is 39.3 Å². The normalized spacial score (nSPS) is 16.3. The fraction of sp³-hybridized carbons (Fsp3) is 0.579. The van der Waals surface area contributed by atoms with Crippen LogP contribution in [0.4, 0.5) is 0 Å². The highest BCUT2D eigenvalue weighted by molar-refractivity contribution is 7.98. The van der Waals surface area contributed by atoms with Gasteiger partial charge in [-0.15, -0.1) is 0 Å². The number of benzene rings is 1. The number of nitrogens with zero attached hydrogens (tertiary/aromatic N) is 4. The highest BCUT2D eigenvalue weighted by Gasteiger charge is 2.23. The van der Waals surface area contributed by atoms with E-state index in [0.29, 0.717) is 6.04 Å². The van der Waals surface area contributed by atoms with Gasteiger partial charge in [-0.05, 0) is 45.3 Å². The zero-order chi connectivity index (χ0) is 17.6. The van der Waals surface area contributed by atoms with Crippen LogP contribution in [0.15, 0.2) is 24.3 Å². The minimum atomic E-state index is 0.479. The minimum absolute atomic E-state index is 0.479. The number of thioether (sulfide) groups is 1. The molecule has 1 saturated heterocycles. The van der Waals surface area contributed by atoms with E-state index in [1.165, 1.54) is 0 Å². The molecule has 25 heavy (non-hydrogen) atoms. The maximum atomic E-state index is 5.48. The number of aryl methyl sites for hydroxylation is 1. The maximum Gasteiger partial charge on any atom is 0.155 e. The first-order valence-corrected chi connectivity index (χ1v) is 10.3. The number of rotatable bonds is 7. The fourth-order valence-corrected chi connectivity index (χ4v) is 3.78. The Morgan fingerprint density at radius 2 is 2.00 bits per heavy atom. The lowest BCUT2D eigenvalue weighted by Crippen LogP contribution is -2.32. The molecule has 0 bridgehead atoms. The third-order valence-electron chi connectivity index (χ3n) is 4.85. The standard InChI is InChI=1S/C19H28N4OS/c1-22-11-8-16(9-12-22)23-19(10-13-25-3)20-18(21-23)14-15-6-4-5-7-17(15)24-2/h4-7,16H,8-14H2,1-3H3. The summed E-state index contributed by atoms with van der Waals surface area (Å²) in [4.78, 5) is 7.28. The van der Waals surface area contributed by atoms with Gasteiger partial charge in [-0.1, -0.05) is 18.2 Å². The molecule has 0 radical (unpaired) electrons. The number of likely N-dealkylation sites (tertiary alicyclic amines) is 1. The second-order valence-corrected chi connectivity index (χ2v) is 7.64. The summed E-state index contributed by atoms with van der Waals surface area (Å²) in [6.07, 6.45) is 6.15. The summed E-state index contributed by atoms with van der Waals surface area (Å²) in [7, 11) is 3.91. The van der Waals surface area contributed by atoms with Crippen molar-refractivity contribution >= 4 is 11.8 Å². The average molecular weight is 361 g/mol. The van der Waals surface area contributed by atoms with Crippen molar-refractivity contribution in [3.05, 3.63) is 41.5 Å². The molecular weight excluding hydrogens is 332 g/mol. The molecule has 0 spiro atoms. The Hall–Kier alpha value is -1.53. The van der Waals surface area contributed by atoms with Gasteiger partial charge in [0.2, 0.25) is 0 Å². The van der Waals surface area contributed by atoms with Crippen LogP contribution in [-0.2, 0) is 12.8 Å². The zero-order valence-electron chi connectivity index (χ0n) is 15.4. The van der Waals surface area contributed by atoms with Gasteiger partial charge in [-0.2, -0.15) is 16.9 Å². The largest absolute Gasteiger partial charge is 0.496 e. The SMILES string of the molecule is COc1ccccc1Cc1nc(CCSC)n(C2CCN(C)CC2)n1. The number of piperidine rings is 1. The second kappa shape index (κ2) is 8.72. The quantitative estimate of drug-likeness (QED) is 0.759. The molecule has 3 rings (SSSR count). The third kappa shape index (κ3) is 4.55. The first kappa shape index (κ1) is 18.3. The summed E-state index contributed by atoms with van der Waals surface area (Å²) >= 11 is 1.86. The lowest BCUT2D eigenvalue weighted by Gasteiger charge is -2.29. The van der Waals surface area contributed by atoms with Crippen LogP contribution < -0.4 is 4.74 Å². The second-order valence-electron chi connectivity index (χ2n) is 6.65. The number of ether oxygens (including phenoxy) is 1. The van der Waals surface area contributed by atoms with Crippen LogP contribution in [0.25, 0.3) is 0 Å². The first-order chi connectivity index (χ1) is 12.2. The van der Waals surface area contributed by atoms with E-state index in [4.69, 9.17) is 14.8 Å². The molecule has 1 aliphatic rings. The Labute approximate surface area is 154 Å². The molecule has 1 aliphatic heterocycles. The molecule has 0 aliphatic carbocycles. The molecule has 2 heterocycles. The van der Waals surface area contributed by atoms with Gasteiger partial charge in [0.25, 0.3) is 0 Å². The van der Waals surface area contributed by atoms with Crippen molar-refractivity contribution in [1.82, 2.24) is 19.7 Å². The number of hydrogen-bond donors (Lipinski definition) is 0.